The predicted molar refractivity (Wildman–Crippen MR) is 116 cm³/mol. The second kappa shape index (κ2) is 8.56. The van der Waals surface area contributed by atoms with Gasteiger partial charge in [-0.2, -0.15) is 0 Å². The van der Waals surface area contributed by atoms with Gasteiger partial charge in [0.2, 0.25) is 5.78 Å². The number of rotatable bonds is 5. The number of hydrogen-bond donors (Lipinski definition) is 0. The number of hydrogen-bond acceptors (Lipinski definition) is 3. The normalized spacial score (nSPS) is 14.3. The zero-order chi connectivity index (χ0) is 20.2. The summed E-state index contributed by atoms with van der Waals surface area (Å²) < 4.78 is 11.5. The second-order valence-corrected chi connectivity index (χ2v) is 7.19. The standard InChI is InChI=1S/C24H16Cl2O3/c25-20-9-5-10-21(26)19(20)15-28-17-12-13-18-23(14-17)29-22(24(18)27)11-4-8-16-6-2-1-3-7-16/h1-14H,15H2/b8-4+,22-11-. The van der Waals surface area contributed by atoms with Crippen LogP contribution in [-0.2, 0) is 6.61 Å². The number of halogens is 2. The van der Waals surface area contributed by atoms with Crippen LogP contribution in [-0.4, -0.2) is 5.78 Å². The molecule has 0 unspecified atom stereocenters. The van der Waals surface area contributed by atoms with Crippen molar-refractivity contribution >= 4 is 35.1 Å². The molecule has 3 aromatic rings. The molecule has 5 heteroatoms. The molecule has 29 heavy (non-hydrogen) atoms. The maximum absolute atomic E-state index is 12.5. The average molecular weight is 423 g/mol. The van der Waals surface area contributed by atoms with Gasteiger partial charge in [-0.25, -0.2) is 0 Å². The van der Waals surface area contributed by atoms with Crippen molar-refractivity contribution in [1.29, 1.82) is 0 Å². The number of benzene rings is 3. The first-order valence-corrected chi connectivity index (χ1v) is 9.73. The van der Waals surface area contributed by atoms with Crippen molar-refractivity contribution in [2.24, 2.45) is 0 Å². The maximum Gasteiger partial charge on any atom is 0.231 e. The Morgan fingerprint density at radius 2 is 1.69 bits per heavy atom. The predicted octanol–water partition coefficient (Wildman–Crippen LogP) is 6.74. The van der Waals surface area contributed by atoms with Crippen LogP contribution < -0.4 is 9.47 Å². The maximum atomic E-state index is 12.5. The van der Waals surface area contributed by atoms with E-state index < -0.39 is 0 Å². The Balaban J connectivity index is 1.47. The number of allylic oxidation sites excluding steroid dienone is 3. The van der Waals surface area contributed by atoms with E-state index >= 15 is 0 Å². The van der Waals surface area contributed by atoms with E-state index in [0.29, 0.717) is 32.7 Å². The minimum atomic E-state index is -0.154. The van der Waals surface area contributed by atoms with Crippen LogP contribution in [0.3, 0.4) is 0 Å². The molecule has 1 aliphatic rings. The number of fused-ring (bicyclic) bond motifs is 1. The van der Waals surface area contributed by atoms with Crippen molar-refractivity contribution in [2.45, 2.75) is 6.61 Å². The topological polar surface area (TPSA) is 35.5 Å². The van der Waals surface area contributed by atoms with Gasteiger partial charge in [0, 0.05) is 21.7 Å². The molecule has 0 saturated carbocycles. The highest BCUT2D eigenvalue weighted by Crippen LogP contribution is 2.35. The second-order valence-electron chi connectivity index (χ2n) is 6.38. The monoisotopic (exact) mass is 422 g/mol. The molecule has 1 heterocycles. The van der Waals surface area contributed by atoms with Crippen LogP contribution in [0.15, 0.2) is 84.6 Å². The van der Waals surface area contributed by atoms with E-state index in [1.54, 1.807) is 48.6 Å². The minimum absolute atomic E-state index is 0.154. The number of carbonyl (C=O) groups is 1. The third kappa shape index (κ3) is 4.37. The number of Topliss-reactive ketones (excluding diaryl/α,β-unsaturated/α-hetero) is 1. The first-order chi connectivity index (χ1) is 14.1. The van der Waals surface area contributed by atoms with E-state index in [2.05, 4.69) is 0 Å². The molecule has 0 amide bonds. The summed E-state index contributed by atoms with van der Waals surface area (Å²) >= 11 is 12.3. The highest BCUT2D eigenvalue weighted by Gasteiger charge is 2.27. The van der Waals surface area contributed by atoms with Crippen LogP contribution >= 0.6 is 23.2 Å². The molecule has 1 aliphatic heterocycles. The largest absolute Gasteiger partial charge is 0.489 e. The molecule has 3 aromatic carbocycles. The molecule has 4 rings (SSSR count). The van der Waals surface area contributed by atoms with Gasteiger partial charge in [0.1, 0.15) is 18.1 Å². The lowest BCUT2D eigenvalue weighted by molar-refractivity contribution is 0.101. The summed E-state index contributed by atoms with van der Waals surface area (Å²) in [5.41, 5.74) is 2.26. The Labute approximate surface area is 178 Å². The Bertz CT molecular complexity index is 1100. The third-order valence-corrected chi connectivity index (χ3v) is 5.13. The number of carbonyl (C=O) groups excluding carboxylic acids is 1. The van der Waals surface area contributed by atoms with Gasteiger partial charge in [0.15, 0.2) is 5.76 Å². The summed E-state index contributed by atoms with van der Waals surface area (Å²) in [7, 11) is 0. The molecule has 3 nitrogen and oxygen atoms in total. The van der Waals surface area contributed by atoms with Crippen LogP contribution in [0.1, 0.15) is 21.5 Å². The summed E-state index contributed by atoms with van der Waals surface area (Å²) in [5, 5.41) is 1.08. The molecule has 0 aliphatic carbocycles. The van der Waals surface area contributed by atoms with Crippen molar-refractivity contribution in [3.05, 3.63) is 111 Å². The number of ether oxygens (including phenoxy) is 2. The van der Waals surface area contributed by atoms with E-state index in [9.17, 15) is 4.79 Å². The Kier molecular flexibility index (Phi) is 5.70. The quantitative estimate of drug-likeness (QED) is 0.426. The lowest BCUT2D eigenvalue weighted by atomic mass is 10.1. The van der Waals surface area contributed by atoms with Gasteiger partial charge < -0.3 is 9.47 Å². The van der Waals surface area contributed by atoms with Gasteiger partial charge in [-0.1, -0.05) is 71.8 Å². The molecule has 0 spiro atoms. The molecule has 0 saturated heterocycles. The lowest BCUT2D eigenvalue weighted by Gasteiger charge is -2.10. The van der Waals surface area contributed by atoms with Gasteiger partial charge in [-0.3, -0.25) is 4.79 Å². The lowest BCUT2D eigenvalue weighted by Crippen LogP contribution is -1.98. The first kappa shape index (κ1) is 19.3. The summed E-state index contributed by atoms with van der Waals surface area (Å²) in [5.74, 6) is 1.16. The van der Waals surface area contributed by atoms with Crippen molar-refractivity contribution in [2.75, 3.05) is 0 Å². The van der Waals surface area contributed by atoms with Gasteiger partial charge in [0.25, 0.3) is 0 Å². The third-order valence-electron chi connectivity index (χ3n) is 4.42. The van der Waals surface area contributed by atoms with Crippen LogP contribution in [0, 0.1) is 0 Å². The summed E-state index contributed by atoms with van der Waals surface area (Å²) in [4.78, 5) is 12.5. The van der Waals surface area contributed by atoms with Gasteiger partial charge in [0.05, 0.1) is 5.56 Å². The van der Waals surface area contributed by atoms with Crippen molar-refractivity contribution < 1.29 is 14.3 Å². The molecule has 0 bridgehead atoms. The van der Waals surface area contributed by atoms with Crippen LogP contribution in [0.5, 0.6) is 11.5 Å². The van der Waals surface area contributed by atoms with Crippen LogP contribution in [0.25, 0.3) is 6.08 Å². The molecule has 0 radical (unpaired) electrons. The molecular formula is C24H16Cl2O3. The van der Waals surface area contributed by atoms with Crippen molar-refractivity contribution in [3.8, 4) is 11.5 Å². The fourth-order valence-corrected chi connectivity index (χ4v) is 3.41. The Morgan fingerprint density at radius 1 is 0.931 bits per heavy atom. The number of ketones is 1. The average Bonchev–Trinajstić information content (AvgIpc) is 3.03. The summed E-state index contributed by atoms with van der Waals surface area (Å²) in [6, 6.07) is 20.3. The molecular weight excluding hydrogens is 407 g/mol. The van der Waals surface area contributed by atoms with Crippen molar-refractivity contribution in [1.82, 2.24) is 0 Å². The molecule has 0 fully saturated rings. The Hall–Kier alpha value is -3.01. The summed E-state index contributed by atoms with van der Waals surface area (Å²) in [6.07, 6.45) is 5.37. The highest BCUT2D eigenvalue weighted by atomic mass is 35.5. The van der Waals surface area contributed by atoms with E-state index in [1.165, 1.54) is 0 Å². The van der Waals surface area contributed by atoms with E-state index in [4.69, 9.17) is 32.7 Å². The fourth-order valence-electron chi connectivity index (χ4n) is 2.91. The van der Waals surface area contributed by atoms with Crippen LogP contribution in [0.4, 0.5) is 0 Å². The van der Waals surface area contributed by atoms with E-state index in [1.807, 2.05) is 36.4 Å². The van der Waals surface area contributed by atoms with Gasteiger partial charge >= 0.3 is 0 Å². The SMILES string of the molecule is O=C1/C(=C/C=C/c2ccccc2)Oc2cc(OCc3c(Cl)cccc3Cl)ccc21. The zero-order valence-electron chi connectivity index (χ0n) is 15.3. The zero-order valence-corrected chi connectivity index (χ0v) is 16.8. The molecule has 0 aromatic heterocycles. The molecule has 144 valence electrons. The fraction of sp³-hybridized carbons (Fsp3) is 0.0417. The smallest absolute Gasteiger partial charge is 0.231 e. The first-order valence-electron chi connectivity index (χ1n) is 8.97. The van der Waals surface area contributed by atoms with Crippen LogP contribution in [0.2, 0.25) is 10.0 Å². The molecule has 0 atom stereocenters. The van der Waals surface area contributed by atoms with E-state index in [0.717, 1.165) is 5.56 Å². The summed E-state index contributed by atoms with van der Waals surface area (Å²) in [6.45, 7) is 0.216. The minimum Gasteiger partial charge on any atom is -0.489 e. The molecule has 0 N–H and O–H groups in total. The highest BCUT2D eigenvalue weighted by molar-refractivity contribution is 6.35. The van der Waals surface area contributed by atoms with Crippen molar-refractivity contribution in [3.63, 3.8) is 0 Å². The Morgan fingerprint density at radius 3 is 2.45 bits per heavy atom. The van der Waals surface area contributed by atoms with Gasteiger partial charge in [-0.05, 0) is 35.9 Å². The van der Waals surface area contributed by atoms with Gasteiger partial charge in [-0.15, -0.1) is 0 Å². The van der Waals surface area contributed by atoms with E-state index in [-0.39, 0.29) is 18.1 Å².